The van der Waals surface area contributed by atoms with Gasteiger partial charge >= 0.3 is 0 Å². The first-order valence-corrected chi connectivity index (χ1v) is 9.35. The first kappa shape index (κ1) is 17.1. The fourth-order valence-corrected chi connectivity index (χ4v) is 3.53. The average molecular weight is 354 g/mol. The van der Waals surface area contributed by atoms with Gasteiger partial charge in [-0.1, -0.05) is 13.0 Å². The molecular formula is C23H22N4. The van der Waals surface area contributed by atoms with Crippen LogP contribution in [0.4, 0.5) is 5.69 Å². The Morgan fingerprint density at radius 2 is 2.11 bits per heavy atom. The number of hydrogen-bond donors (Lipinski definition) is 2. The third-order valence-electron chi connectivity index (χ3n) is 5.01. The highest BCUT2D eigenvalue weighted by Crippen LogP contribution is 2.32. The third kappa shape index (κ3) is 3.63. The third-order valence-corrected chi connectivity index (χ3v) is 5.01. The molecule has 4 nitrogen and oxygen atoms in total. The van der Waals surface area contributed by atoms with E-state index in [-0.39, 0.29) is 0 Å². The highest BCUT2D eigenvalue weighted by molar-refractivity contribution is 5.97. The molecule has 2 aromatic carbocycles. The van der Waals surface area contributed by atoms with Gasteiger partial charge in [0.1, 0.15) is 0 Å². The Bertz CT molecular complexity index is 1050. The number of nitrogens with zero attached hydrogens (tertiary/aromatic N) is 2. The number of rotatable bonds is 4. The molecule has 1 atom stereocenters. The molecule has 0 amide bonds. The van der Waals surface area contributed by atoms with Gasteiger partial charge in [-0.25, -0.2) is 0 Å². The van der Waals surface area contributed by atoms with Crippen LogP contribution in [0, 0.1) is 11.3 Å². The maximum Gasteiger partial charge on any atom is 0.0991 e. The first-order chi connectivity index (χ1) is 13.3. The first-order valence-electron chi connectivity index (χ1n) is 9.35. The summed E-state index contributed by atoms with van der Waals surface area (Å²) in [5, 5.41) is 18.5. The molecule has 1 aromatic heterocycles. The molecule has 0 saturated carbocycles. The zero-order valence-electron chi connectivity index (χ0n) is 15.4. The number of fused-ring (bicyclic) bond motifs is 1. The van der Waals surface area contributed by atoms with E-state index < -0.39 is 0 Å². The number of nitrogens with one attached hydrogen (secondary N) is 2. The van der Waals surface area contributed by atoms with Crippen molar-refractivity contribution in [2.24, 2.45) is 0 Å². The Morgan fingerprint density at radius 1 is 1.22 bits per heavy atom. The van der Waals surface area contributed by atoms with E-state index in [9.17, 15) is 5.26 Å². The van der Waals surface area contributed by atoms with Gasteiger partial charge in [0, 0.05) is 36.1 Å². The molecule has 1 unspecified atom stereocenters. The van der Waals surface area contributed by atoms with Gasteiger partial charge in [0.25, 0.3) is 0 Å². The summed E-state index contributed by atoms with van der Waals surface area (Å²) < 4.78 is 0. The van der Waals surface area contributed by atoms with E-state index in [1.165, 1.54) is 5.56 Å². The van der Waals surface area contributed by atoms with Crippen LogP contribution in [0.25, 0.3) is 21.9 Å². The van der Waals surface area contributed by atoms with Gasteiger partial charge in [0.2, 0.25) is 0 Å². The van der Waals surface area contributed by atoms with Crippen LogP contribution >= 0.6 is 0 Å². The Kier molecular flexibility index (Phi) is 4.76. The molecule has 0 radical (unpaired) electrons. The molecule has 0 spiro atoms. The van der Waals surface area contributed by atoms with Crippen LogP contribution in [0.2, 0.25) is 0 Å². The normalized spacial score (nSPS) is 15.9. The minimum atomic E-state index is 0.293. The number of aromatic nitrogens is 1. The van der Waals surface area contributed by atoms with Gasteiger partial charge in [-0.2, -0.15) is 5.26 Å². The molecule has 2 N–H and O–H groups in total. The summed E-state index contributed by atoms with van der Waals surface area (Å²) in [4.78, 5) is 4.31. The van der Waals surface area contributed by atoms with Crippen molar-refractivity contribution >= 4 is 16.5 Å². The monoisotopic (exact) mass is 354 g/mol. The van der Waals surface area contributed by atoms with Crippen molar-refractivity contribution in [3.05, 3.63) is 72.2 Å². The molecular weight excluding hydrogens is 332 g/mol. The maximum atomic E-state index is 9.39. The highest BCUT2D eigenvalue weighted by atomic mass is 15.0. The number of hydrogen-bond acceptors (Lipinski definition) is 4. The molecule has 4 rings (SSSR count). The smallest absolute Gasteiger partial charge is 0.0991 e. The number of anilines is 1. The Labute approximate surface area is 159 Å². The van der Waals surface area contributed by atoms with Crippen molar-refractivity contribution in [2.45, 2.75) is 25.8 Å². The molecule has 27 heavy (non-hydrogen) atoms. The van der Waals surface area contributed by atoms with Crippen molar-refractivity contribution in [1.29, 1.82) is 5.26 Å². The molecule has 134 valence electrons. The Morgan fingerprint density at radius 3 is 2.89 bits per heavy atom. The molecule has 0 aliphatic carbocycles. The lowest BCUT2D eigenvalue weighted by molar-refractivity contribution is 0.676. The lowest BCUT2D eigenvalue weighted by Gasteiger charge is -2.22. The van der Waals surface area contributed by atoms with Crippen LogP contribution in [0.1, 0.15) is 24.5 Å². The van der Waals surface area contributed by atoms with Gasteiger partial charge in [-0.3, -0.25) is 4.98 Å². The van der Waals surface area contributed by atoms with Crippen molar-refractivity contribution < 1.29 is 0 Å². The predicted molar refractivity (Wildman–Crippen MR) is 110 cm³/mol. The van der Waals surface area contributed by atoms with Crippen molar-refractivity contribution in [3.63, 3.8) is 0 Å². The maximum absolute atomic E-state index is 9.39. The molecule has 3 aromatic rings. The van der Waals surface area contributed by atoms with Gasteiger partial charge in [0.15, 0.2) is 0 Å². The second kappa shape index (κ2) is 7.51. The average Bonchev–Trinajstić information content (AvgIpc) is 2.74. The van der Waals surface area contributed by atoms with Crippen LogP contribution in [0.15, 0.2) is 61.1 Å². The van der Waals surface area contributed by atoms with E-state index in [1.807, 2.05) is 36.8 Å². The van der Waals surface area contributed by atoms with Crippen LogP contribution < -0.4 is 10.6 Å². The minimum absolute atomic E-state index is 0.293. The predicted octanol–water partition coefficient (Wildman–Crippen LogP) is 4.62. The summed E-state index contributed by atoms with van der Waals surface area (Å²) in [6.45, 7) is 3.08. The summed E-state index contributed by atoms with van der Waals surface area (Å²) in [6, 6.07) is 15.1. The van der Waals surface area contributed by atoms with Crippen molar-refractivity contribution in [1.82, 2.24) is 10.3 Å². The molecule has 1 aliphatic heterocycles. The van der Waals surface area contributed by atoms with Crippen LogP contribution in [-0.2, 0) is 6.42 Å². The lowest BCUT2D eigenvalue weighted by Crippen LogP contribution is -2.27. The second-order valence-corrected chi connectivity index (χ2v) is 6.86. The van der Waals surface area contributed by atoms with E-state index in [0.29, 0.717) is 11.6 Å². The Balaban J connectivity index is 1.83. The van der Waals surface area contributed by atoms with E-state index in [0.717, 1.165) is 47.0 Å². The van der Waals surface area contributed by atoms with E-state index in [2.05, 4.69) is 52.9 Å². The summed E-state index contributed by atoms with van der Waals surface area (Å²) >= 11 is 0. The second-order valence-electron chi connectivity index (χ2n) is 6.86. The summed E-state index contributed by atoms with van der Waals surface area (Å²) in [7, 11) is 0. The topological polar surface area (TPSA) is 60.7 Å². The fraction of sp³-hybridized carbons (Fsp3) is 0.217. The number of aryl methyl sites for hydroxylation is 1. The van der Waals surface area contributed by atoms with Gasteiger partial charge in [0.05, 0.1) is 11.6 Å². The fourth-order valence-electron chi connectivity index (χ4n) is 3.53. The van der Waals surface area contributed by atoms with Crippen molar-refractivity contribution in [3.8, 4) is 17.2 Å². The SMILES string of the molecule is CCc1cc(C#N)cc(-c2cc(NC3C=CNCC3)c3cnccc3c2)c1. The van der Waals surface area contributed by atoms with Gasteiger partial charge in [-0.15, -0.1) is 0 Å². The molecule has 0 fully saturated rings. The quantitative estimate of drug-likeness (QED) is 0.717. The molecule has 2 heterocycles. The summed E-state index contributed by atoms with van der Waals surface area (Å²) in [6.07, 6.45) is 9.84. The van der Waals surface area contributed by atoms with E-state index >= 15 is 0 Å². The van der Waals surface area contributed by atoms with Crippen molar-refractivity contribution in [2.75, 3.05) is 11.9 Å². The van der Waals surface area contributed by atoms with Crippen LogP contribution in [-0.4, -0.2) is 17.6 Å². The van der Waals surface area contributed by atoms with Crippen LogP contribution in [0.5, 0.6) is 0 Å². The minimum Gasteiger partial charge on any atom is -0.391 e. The van der Waals surface area contributed by atoms with Crippen LogP contribution in [0.3, 0.4) is 0 Å². The van der Waals surface area contributed by atoms with E-state index in [1.54, 1.807) is 0 Å². The molecule has 1 aliphatic rings. The van der Waals surface area contributed by atoms with Gasteiger partial charge < -0.3 is 10.6 Å². The number of benzene rings is 2. The highest BCUT2D eigenvalue weighted by Gasteiger charge is 2.12. The number of pyridine rings is 1. The Hall–Kier alpha value is -3.32. The van der Waals surface area contributed by atoms with Gasteiger partial charge in [-0.05, 0) is 77.5 Å². The zero-order chi connectivity index (χ0) is 18.6. The molecule has 0 saturated heterocycles. The van der Waals surface area contributed by atoms with E-state index in [4.69, 9.17) is 0 Å². The lowest BCUT2D eigenvalue weighted by atomic mass is 9.96. The molecule has 0 bridgehead atoms. The largest absolute Gasteiger partial charge is 0.391 e. The number of nitriles is 1. The standard InChI is InChI=1S/C23H22N4/c1-2-16-9-17(14-24)11-19(10-16)20-12-18-3-6-26-15-22(18)23(13-20)27-21-4-7-25-8-5-21/h3-4,6-7,9-13,15,21,25,27H,2,5,8H2,1H3. The summed E-state index contributed by atoms with van der Waals surface area (Å²) in [5.74, 6) is 0. The molecule has 4 heteroatoms. The summed E-state index contributed by atoms with van der Waals surface area (Å²) in [5.41, 5.74) is 5.15. The zero-order valence-corrected chi connectivity index (χ0v) is 15.4.